The molecule has 1 aliphatic carbocycles. The molecule has 7 heteroatoms. The van der Waals surface area contributed by atoms with Gasteiger partial charge in [-0.3, -0.25) is 9.89 Å². The number of nitrogens with zero attached hydrogens (tertiary/aromatic N) is 2. The van der Waals surface area contributed by atoms with Gasteiger partial charge in [0, 0.05) is 57.9 Å². The molecule has 2 heterocycles. The smallest absolute Gasteiger partial charge is 0.191 e. The zero-order chi connectivity index (χ0) is 17.3. The minimum atomic E-state index is 0. The maximum absolute atomic E-state index is 5.75. The molecule has 2 unspecified atom stereocenters. The van der Waals surface area contributed by atoms with E-state index in [-0.39, 0.29) is 24.0 Å². The SMILES string of the molecule is CN=C(NCCCOCC1CCOC1)NC1CCN(C2CCCC2)C1.I. The standard InChI is InChI=1S/C19H36N4O2.HI/c1-20-19(21-9-4-11-24-14-16-8-12-25-15-16)22-17-7-10-23(13-17)18-5-2-3-6-18;/h16-18H,2-15H2,1H3,(H2,20,21,22);1H. The average molecular weight is 480 g/mol. The average Bonchev–Trinajstić information content (AvgIpc) is 3.39. The summed E-state index contributed by atoms with van der Waals surface area (Å²) in [7, 11) is 1.86. The summed E-state index contributed by atoms with van der Waals surface area (Å²) in [6, 6.07) is 1.37. The molecule has 2 N–H and O–H groups in total. The minimum absolute atomic E-state index is 0. The van der Waals surface area contributed by atoms with E-state index in [0.29, 0.717) is 12.0 Å². The molecule has 3 fully saturated rings. The summed E-state index contributed by atoms with van der Waals surface area (Å²) in [5.41, 5.74) is 0. The van der Waals surface area contributed by atoms with E-state index >= 15 is 0 Å². The van der Waals surface area contributed by atoms with Crippen molar-refractivity contribution in [2.24, 2.45) is 10.9 Å². The van der Waals surface area contributed by atoms with Crippen molar-refractivity contribution in [2.75, 3.05) is 53.1 Å². The molecule has 0 spiro atoms. The Morgan fingerprint density at radius 2 is 2.08 bits per heavy atom. The topological polar surface area (TPSA) is 58.1 Å². The van der Waals surface area contributed by atoms with E-state index in [1.54, 1.807) is 0 Å². The van der Waals surface area contributed by atoms with Crippen LogP contribution < -0.4 is 10.6 Å². The van der Waals surface area contributed by atoms with Crippen molar-refractivity contribution in [3.8, 4) is 0 Å². The Morgan fingerprint density at radius 1 is 1.23 bits per heavy atom. The highest BCUT2D eigenvalue weighted by atomic mass is 127. The van der Waals surface area contributed by atoms with Gasteiger partial charge in [0.1, 0.15) is 0 Å². The highest BCUT2D eigenvalue weighted by molar-refractivity contribution is 14.0. The first-order chi connectivity index (χ1) is 12.3. The zero-order valence-electron chi connectivity index (χ0n) is 16.3. The fraction of sp³-hybridized carbons (Fsp3) is 0.947. The lowest BCUT2D eigenvalue weighted by atomic mass is 10.1. The number of hydrogen-bond acceptors (Lipinski definition) is 4. The molecule has 3 aliphatic rings. The number of guanidine groups is 1. The summed E-state index contributed by atoms with van der Waals surface area (Å²) in [4.78, 5) is 7.05. The van der Waals surface area contributed by atoms with Gasteiger partial charge in [0.25, 0.3) is 0 Å². The number of ether oxygens (including phenoxy) is 2. The molecule has 152 valence electrons. The van der Waals surface area contributed by atoms with Crippen LogP contribution in [0.3, 0.4) is 0 Å². The van der Waals surface area contributed by atoms with E-state index in [1.165, 1.54) is 38.6 Å². The summed E-state index contributed by atoms with van der Waals surface area (Å²) in [6.07, 6.45) is 9.00. The Balaban J connectivity index is 0.00000243. The van der Waals surface area contributed by atoms with Gasteiger partial charge in [0.2, 0.25) is 0 Å². The second-order valence-corrected chi connectivity index (χ2v) is 7.72. The highest BCUT2D eigenvalue weighted by Crippen LogP contribution is 2.26. The van der Waals surface area contributed by atoms with Gasteiger partial charge in [0.15, 0.2) is 5.96 Å². The van der Waals surface area contributed by atoms with Gasteiger partial charge < -0.3 is 20.1 Å². The van der Waals surface area contributed by atoms with Crippen LogP contribution in [0.1, 0.15) is 44.9 Å². The van der Waals surface area contributed by atoms with Crippen LogP contribution >= 0.6 is 24.0 Å². The summed E-state index contributed by atoms with van der Waals surface area (Å²) in [6.45, 7) is 6.71. The predicted octanol–water partition coefficient (Wildman–Crippen LogP) is 2.23. The number of hydrogen-bond donors (Lipinski definition) is 2. The molecule has 0 amide bonds. The van der Waals surface area contributed by atoms with Crippen LogP contribution in [0.15, 0.2) is 4.99 Å². The normalized spacial score (nSPS) is 27.7. The van der Waals surface area contributed by atoms with E-state index in [4.69, 9.17) is 9.47 Å². The molecule has 2 atom stereocenters. The highest BCUT2D eigenvalue weighted by Gasteiger charge is 2.30. The maximum atomic E-state index is 5.75. The van der Waals surface area contributed by atoms with E-state index in [1.807, 2.05) is 7.05 Å². The van der Waals surface area contributed by atoms with E-state index in [9.17, 15) is 0 Å². The summed E-state index contributed by atoms with van der Waals surface area (Å²) >= 11 is 0. The van der Waals surface area contributed by atoms with Gasteiger partial charge in [-0.05, 0) is 32.1 Å². The molecule has 26 heavy (non-hydrogen) atoms. The van der Waals surface area contributed by atoms with Crippen molar-refractivity contribution in [3.63, 3.8) is 0 Å². The van der Waals surface area contributed by atoms with Gasteiger partial charge in [-0.1, -0.05) is 12.8 Å². The zero-order valence-corrected chi connectivity index (χ0v) is 18.6. The molecule has 2 aliphatic heterocycles. The lowest BCUT2D eigenvalue weighted by molar-refractivity contribution is 0.0888. The number of likely N-dealkylation sites (tertiary alicyclic amines) is 1. The van der Waals surface area contributed by atoms with Crippen molar-refractivity contribution in [3.05, 3.63) is 0 Å². The molecule has 0 bridgehead atoms. The Kier molecular flexibility index (Phi) is 10.5. The van der Waals surface area contributed by atoms with Crippen LogP contribution in [0.5, 0.6) is 0 Å². The van der Waals surface area contributed by atoms with Crippen molar-refractivity contribution in [2.45, 2.75) is 57.0 Å². The molecule has 0 aromatic heterocycles. The second kappa shape index (κ2) is 12.4. The maximum Gasteiger partial charge on any atom is 0.191 e. The van der Waals surface area contributed by atoms with Crippen molar-refractivity contribution < 1.29 is 9.47 Å². The summed E-state index contributed by atoms with van der Waals surface area (Å²) in [5.74, 6) is 1.54. The summed E-state index contributed by atoms with van der Waals surface area (Å²) in [5, 5.41) is 7.02. The van der Waals surface area contributed by atoms with Crippen LogP contribution in [0, 0.1) is 5.92 Å². The first-order valence-corrected chi connectivity index (χ1v) is 10.2. The Bertz CT molecular complexity index is 412. The number of rotatable bonds is 8. The number of aliphatic imine (C=N–C) groups is 1. The van der Waals surface area contributed by atoms with Gasteiger partial charge in [-0.2, -0.15) is 0 Å². The molecule has 1 saturated carbocycles. The Morgan fingerprint density at radius 3 is 2.81 bits per heavy atom. The molecule has 6 nitrogen and oxygen atoms in total. The molecule has 0 radical (unpaired) electrons. The third-order valence-electron chi connectivity index (χ3n) is 5.76. The van der Waals surface area contributed by atoms with E-state index in [0.717, 1.165) is 64.4 Å². The quantitative estimate of drug-likeness (QED) is 0.242. The monoisotopic (exact) mass is 480 g/mol. The third-order valence-corrected chi connectivity index (χ3v) is 5.76. The minimum Gasteiger partial charge on any atom is -0.381 e. The van der Waals surface area contributed by atoms with E-state index < -0.39 is 0 Å². The van der Waals surface area contributed by atoms with Crippen LogP contribution in [-0.4, -0.2) is 76.1 Å². The van der Waals surface area contributed by atoms with Gasteiger partial charge in [0.05, 0.1) is 13.2 Å². The lowest BCUT2D eigenvalue weighted by Gasteiger charge is -2.24. The first kappa shape index (κ1) is 22.2. The molecular formula is C19H37IN4O2. The Labute approximate surface area is 175 Å². The fourth-order valence-electron chi connectivity index (χ4n) is 4.24. The third kappa shape index (κ3) is 7.13. The molecular weight excluding hydrogens is 443 g/mol. The largest absolute Gasteiger partial charge is 0.381 e. The van der Waals surface area contributed by atoms with Gasteiger partial charge in [-0.15, -0.1) is 24.0 Å². The predicted molar refractivity (Wildman–Crippen MR) is 117 cm³/mol. The van der Waals surface area contributed by atoms with Crippen LogP contribution in [0.25, 0.3) is 0 Å². The van der Waals surface area contributed by atoms with E-state index in [2.05, 4.69) is 20.5 Å². The van der Waals surface area contributed by atoms with Crippen molar-refractivity contribution in [1.29, 1.82) is 0 Å². The van der Waals surface area contributed by atoms with Gasteiger partial charge >= 0.3 is 0 Å². The summed E-state index contributed by atoms with van der Waals surface area (Å²) < 4.78 is 11.1. The van der Waals surface area contributed by atoms with Crippen LogP contribution in [0.4, 0.5) is 0 Å². The Hall–Kier alpha value is -0.120. The molecule has 2 saturated heterocycles. The fourth-order valence-corrected chi connectivity index (χ4v) is 4.24. The number of nitrogens with one attached hydrogen (secondary N) is 2. The second-order valence-electron chi connectivity index (χ2n) is 7.72. The van der Waals surface area contributed by atoms with Crippen molar-refractivity contribution in [1.82, 2.24) is 15.5 Å². The van der Waals surface area contributed by atoms with Crippen LogP contribution in [0.2, 0.25) is 0 Å². The molecule has 0 aromatic carbocycles. The first-order valence-electron chi connectivity index (χ1n) is 10.2. The van der Waals surface area contributed by atoms with Crippen molar-refractivity contribution >= 4 is 29.9 Å². The molecule has 0 aromatic rings. The lowest BCUT2D eigenvalue weighted by Crippen LogP contribution is -2.45. The van der Waals surface area contributed by atoms with Crippen LogP contribution in [-0.2, 0) is 9.47 Å². The van der Waals surface area contributed by atoms with Gasteiger partial charge in [-0.25, -0.2) is 0 Å². The number of halogens is 1. The molecule has 3 rings (SSSR count).